The average Bonchev–Trinajstić information content (AvgIpc) is 2.60. The summed E-state index contributed by atoms with van der Waals surface area (Å²) in [6.07, 6.45) is 6.21. The first-order valence-electron chi connectivity index (χ1n) is 8.65. The summed E-state index contributed by atoms with van der Waals surface area (Å²) >= 11 is 0. The summed E-state index contributed by atoms with van der Waals surface area (Å²) < 4.78 is 28.2. The lowest BCUT2D eigenvalue weighted by Gasteiger charge is -2.30. The van der Waals surface area contributed by atoms with Crippen LogP contribution < -0.4 is 15.8 Å². The Morgan fingerprint density at radius 1 is 1.24 bits per heavy atom. The van der Waals surface area contributed by atoms with E-state index in [2.05, 4.69) is 10.0 Å². The van der Waals surface area contributed by atoms with Gasteiger partial charge in [0.25, 0.3) is 5.91 Å². The fourth-order valence-electron chi connectivity index (χ4n) is 3.70. The Morgan fingerprint density at radius 2 is 1.96 bits per heavy atom. The number of hydrogen-bond donors (Lipinski definition) is 3. The van der Waals surface area contributed by atoms with Gasteiger partial charge in [-0.25, -0.2) is 13.1 Å². The number of benzene rings is 1. The van der Waals surface area contributed by atoms with Crippen LogP contribution in [-0.4, -0.2) is 33.5 Å². The molecule has 0 spiro atoms. The molecule has 0 radical (unpaired) electrons. The van der Waals surface area contributed by atoms with Gasteiger partial charge in [0, 0.05) is 24.7 Å². The lowest BCUT2D eigenvalue weighted by Crippen LogP contribution is -2.45. The maximum atomic E-state index is 12.7. The molecule has 25 heavy (non-hydrogen) atoms. The van der Waals surface area contributed by atoms with E-state index in [1.54, 1.807) is 12.1 Å². The highest BCUT2D eigenvalue weighted by Crippen LogP contribution is 2.27. The summed E-state index contributed by atoms with van der Waals surface area (Å²) in [6, 6.07) is 4.54. The van der Waals surface area contributed by atoms with E-state index in [4.69, 9.17) is 5.73 Å². The van der Waals surface area contributed by atoms with Crippen LogP contribution in [0.5, 0.6) is 0 Å². The second kappa shape index (κ2) is 8.49. The maximum absolute atomic E-state index is 12.7. The van der Waals surface area contributed by atoms with Crippen molar-refractivity contribution in [1.82, 2.24) is 10.0 Å². The van der Waals surface area contributed by atoms with Crippen LogP contribution in [0.25, 0.3) is 0 Å². The highest BCUT2D eigenvalue weighted by molar-refractivity contribution is 7.89. The van der Waals surface area contributed by atoms with Gasteiger partial charge in [-0.1, -0.05) is 25.3 Å². The Morgan fingerprint density at radius 3 is 2.64 bits per heavy atom. The molecule has 1 unspecified atom stereocenters. The summed E-state index contributed by atoms with van der Waals surface area (Å²) in [5.41, 5.74) is 7.17. The molecule has 0 aromatic heterocycles. The van der Waals surface area contributed by atoms with Crippen molar-refractivity contribution in [3.63, 3.8) is 0 Å². The first kappa shape index (κ1) is 20.2. The zero-order valence-electron chi connectivity index (χ0n) is 14.2. The SMILES string of the molecule is Cl.NCC(NS(=O)(=O)c1ccc2c(c1)C(=O)NCC2)C1CCCCC1. The van der Waals surface area contributed by atoms with Gasteiger partial charge in [-0.15, -0.1) is 12.4 Å². The van der Waals surface area contributed by atoms with Gasteiger partial charge >= 0.3 is 0 Å². The van der Waals surface area contributed by atoms with E-state index in [0.717, 1.165) is 37.7 Å². The molecule has 1 saturated carbocycles. The largest absolute Gasteiger partial charge is 0.352 e. The van der Waals surface area contributed by atoms with E-state index in [1.807, 2.05) is 0 Å². The maximum Gasteiger partial charge on any atom is 0.251 e. The van der Waals surface area contributed by atoms with E-state index in [9.17, 15) is 13.2 Å². The van der Waals surface area contributed by atoms with Gasteiger partial charge in [-0.2, -0.15) is 0 Å². The quantitative estimate of drug-likeness (QED) is 0.713. The Labute approximate surface area is 155 Å². The number of halogens is 1. The van der Waals surface area contributed by atoms with E-state index < -0.39 is 10.0 Å². The number of carbonyl (C=O) groups is 1. The normalized spacial score (nSPS) is 19.5. The van der Waals surface area contributed by atoms with Crippen LogP contribution in [-0.2, 0) is 16.4 Å². The van der Waals surface area contributed by atoms with Gasteiger partial charge in [0.05, 0.1) is 4.90 Å². The second-order valence-corrected chi connectivity index (χ2v) is 8.40. The molecule has 1 aliphatic carbocycles. The van der Waals surface area contributed by atoms with Gasteiger partial charge in [-0.05, 0) is 42.9 Å². The molecule has 6 nitrogen and oxygen atoms in total. The van der Waals surface area contributed by atoms with E-state index in [0.29, 0.717) is 18.0 Å². The third-order valence-corrected chi connectivity index (χ3v) is 6.58. The number of amides is 1. The Hall–Kier alpha value is -1.15. The standard InChI is InChI=1S/C17H25N3O3S.ClH/c18-11-16(13-4-2-1-3-5-13)20-24(22,23)14-7-6-12-8-9-19-17(21)15(12)10-14;/h6-7,10,13,16,20H,1-5,8-9,11,18H2,(H,19,21);1H. The van der Waals surface area contributed by atoms with Crippen LogP contribution in [0.3, 0.4) is 0 Å². The smallest absolute Gasteiger partial charge is 0.251 e. The van der Waals surface area contributed by atoms with Crippen molar-refractivity contribution in [2.45, 2.75) is 49.5 Å². The van der Waals surface area contributed by atoms with Crippen LogP contribution in [0.2, 0.25) is 0 Å². The Balaban J connectivity index is 0.00000225. The van der Waals surface area contributed by atoms with Crippen LogP contribution in [0.15, 0.2) is 23.1 Å². The minimum absolute atomic E-state index is 0. The second-order valence-electron chi connectivity index (χ2n) is 6.69. The number of nitrogens with two attached hydrogens (primary N) is 1. The van der Waals surface area contributed by atoms with Crippen LogP contribution >= 0.6 is 12.4 Å². The fourth-order valence-corrected chi connectivity index (χ4v) is 5.04. The van der Waals surface area contributed by atoms with Crippen LogP contribution in [0.4, 0.5) is 0 Å². The predicted octanol–water partition coefficient (Wildman–Crippen LogP) is 1.58. The zero-order valence-corrected chi connectivity index (χ0v) is 15.8. The molecule has 1 amide bonds. The molecule has 1 aromatic carbocycles. The third-order valence-electron chi connectivity index (χ3n) is 5.10. The first-order valence-corrected chi connectivity index (χ1v) is 10.1. The minimum Gasteiger partial charge on any atom is -0.352 e. The zero-order chi connectivity index (χ0) is 17.2. The van der Waals surface area contributed by atoms with Crippen LogP contribution in [0.1, 0.15) is 48.0 Å². The molecule has 140 valence electrons. The van der Waals surface area contributed by atoms with Gasteiger partial charge in [0.1, 0.15) is 0 Å². The molecule has 0 bridgehead atoms. The summed E-state index contributed by atoms with van der Waals surface area (Å²) in [6.45, 7) is 0.877. The van der Waals surface area contributed by atoms with Gasteiger partial charge in [0.15, 0.2) is 0 Å². The molecule has 4 N–H and O–H groups in total. The number of carbonyl (C=O) groups excluding carboxylic acids is 1. The topological polar surface area (TPSA) is 101 Å². The fraction of sp³-hybridized carbons (Fsp3) is 0.588. The number of hydrogen-bond acceptors (Lipinski definition) is 4. The van der Waals surface area contributed by atoms with Crippen molar-refractivity contribution < 1.29 is 13.2 Å². The molecular weight excluding hydrogens is 362 g/mol. The molecule has 1 atom stereocenters. The number of fused-ring (bicyclic) bond motifs is 1. The lowest BCUT2D eigenvalue weighted by molar-refractivity contribution is 0.0945. The van der Waals surface area contributed by atoms with Crippen molar-refractivity contribution in [3.8, 4) is 0 Å². The van der Waals surface area contributed by atoms with Crippen molar-refractivity contribution in [3.05, 3.63) is 29.3 Å². The third kappa shape index (κ3) is 4.53. The molecule has 3 rings (SSSR count). The molecule has 1 heterocycles. The van der Waals surface area contributed by atoms with Crippen molar-refractivity contribution in [1.29, 1.82) is 0 Å². The predicted molar refractivity (Wildman–Crippen MR) is 99.5 cm³/mol. The number of sulfonamides is 1. The average molecular weight is 388 g/mol. The van der Waals surface area contributed by atoms with E-state index >= 15 is 0 Å². The van der Waals surface area contributed by atoms with Crippen molar-refractivity contribution in [2.75, 3.05) is 13.1 Å². The summed E-state index contributed by atoms with van der Waals surface area (Å²) in [7, 11) is -3.69. The minimum atomic E-state index is -3.69. The molecule has 1 fully saturated rings. The number of rotatable bonds is 5. The van der Waals surface area contributed by atoms with Crippen molar-refractivity contribution >= 4 is 28.3 Å². The number of nitrogens with one attached hydrogen (secondary N) is 2. The Bertz CT molecular complexity index is 718. The monoisotopic (exact) mass is 387 g/mol. The molecule has 0 saturated heterocycles. The van der Waals surface area contributed by atoms with Gasteiger partial charge in [0.2, 0.25) is 10.0 Å². The highest BCUT2D eigenvalue weighted by atomic mass is 35.5. The van der Waals surface area contributed by atoms with E-state index in [-0.39, 0.29) is 35.8 Å². The van der Waals surface area contributed by atoms with E-state index in [1.165, 1.54) is 12.5 Å². The summed E-state index contributed by atoms with van der Waals surface area (Å²) in [4.78, 5) is 12.1. The molecular formula is C17H26ClN3O3S. The highest BCUT2D eigenvalue weighted by Gasteiger charge is 2.28. The summed E-state index contributed by atoms with van der Waals surface area (Å²) in [5, 5.41) is 2.75. The van der Waals surface area contributed by atoms with Gasteiger partial charge in [-0.3, -0.25) is 4.79 Å². The van der Waals surface area contributed by atoms with Gasteiger partial charge < -0.3 is 11.1 Å². The van der Waals surface area contributed by atoms with Crippen molar-refractivity contribution in [2.24, 2.45) is 11.7 Å². The molecule has 8 heteroatoms. The molecule has 2 aliphatic rings. The lowest BCUT2D eigenvalue weighted by atomic mass is 9.84. The summed E-state index contributed by atoms with van der Waals surface area (Å²) in [5.74, 6) is 0.0791. The molecule has 1 aliphatic heterocycles. The van der Waals surface area contributed by atoms with Crippen LogP contribution in [0, 0.1) is 5.92 Å². The first-order chi connectivity index (χ1) is 11.5. The Kier molecular flexibility index (Phi) is 6.85. The molecule has 1 aromatic rings.